The van der Waals surface area contributed by atoms with Crippen molar-refractivity contribution in [1.29, 1.82) is 0 Å². The van der Waals surface area contributed by atoms with E-state index in [1.54, 1.807) is 0 Å². The van der Waals surface area contributed by atoms with Gasteiger partial charge in [-0.15, -0.1) is 0 Å². The van der Waals surface area contributed by atoms with Crippen molar-refractivity contribution >= 4 is 11.6 Å². The van der Waals surface area contributed by atoms with Crippen molar-refractivity contribution < 1.29 is 5.11 Å². The van der Waals surface area contributed by atoms with E-state index in [9.17, 15) is 5.11 Å². The monoisotopic (exact) mass is 211 g/mol. The molecule has 0 aromatic heterocycles. The van der Waals surface area contributed by atoms with E-state index in [0.717, 1.165) is 30.4 Å². The second kappa shape index (κ2) is 3.79. The molecule has 0 saturated heterocycles. The maximum atomic E-state index is 9.82. The summed E-state index contributed by atoms with van der Waals surface area (Å²) in [5.74, 6) is 0.252. The second-order valence-electron chi connectivity index (χ2n) is 3.72. The van der Waals surface area contributed by atoms with Crippen LogP contribution in [0.15, 0.2) is 6.07 Å². The van der Waals surface area contributed by atoms with Gasteiger partial charge in [-0.1, -0.05) is 17.7 Å². The molecule has 2 nitrogen and oxygen atoms in total. The van der Waals surface area contributed by atoms with Gasteiger partial charge in [0, 0.05) is 12.1 Å². The van der Waals surface area contributed by atoms with Gasteiger partial charge in [0.05, 0.1) is 5.02 Å². The summed E-state index contributed by atoms with van der Waals surface area (Å²) in [7, 11) is 1.86. The van der Waals surface area contributed by atoms with Gasteiger partial charge in [0.25, 0.3) is 0 Å². The summed E-state index contributed by atoms with van der Waals surface area (Å²) >= 11 is 6.10. The van der Waals surface area contributed by atoms with Crippen LogP contribution in [0.4, 0.5) is 0 Å². The topological polar surface area (TPSA) is 32.3 Å². The van der Waals surface area contributed by atoms with E-state index < -0.39 is 0 Å². The molecule has 1 aromatic carbocycles. The zero-order valence-corrected chi connectivity index (χ0v) is 8.99. The molecule has 0 saturated carbocycles. The summed E-state index contributed by atoms with van der Waals surface area (Å²) < 4.78 is 0. The Kier molecular flexibility index (Phi) is 2.66. The van der Waals surface area contributed by atoms with Crippen LogP contribution in [0.2, 0.25) is 5.02 Å². The normalized spacial score (nSPS) is 14.4. The zero-order chi connectivity index (χ0) is 10.1. The van der Waals surface area contributed by atoms with E-state index in [4.69, 9.17) is 11.6 Å². The van der Waals surface area contributed by atoms with Crippen LogP contribution in [-0.4, -0.2) is 12.2 Å². The number of phenols is 1. The third-order valence-corrected chi connectivity index (χ3v) is 3.16. The first-order chi connectivity index (χ1) is 6.74. The van der Waals surface area contributed by atoms with Crippen LogP contribution in [0.5, 0.6) is 5.75 Å². The fourth-order valence-corrected chi connectivity index (χ4v) is 2.40. The fourth-order valence-electron chi connectivity index (χ4n) is 2.06. The van der Waals surface area contributed by atoms with Gasteiger partial charge >= 0.3 is 0 Å². The average Bonchev–Trinajstić information content (AvgIpc) is 2.62. The highest BCUT2D eigenvalue weighted by atomic mass is 35.5. The molecule has 2 N–H and O–H groups in total. The molecule has 1 aliphatic carbocycles. The Bertz CT molecular complexity index is 363. The van der Waals surface area contributed by atoms with Gasteiger partial charge in [-0.2, -0.15) is 0 Å². The molecule has 14 heavy (non-hydrogen) atoms. The molecular weight excluding hydrogens is 198 g/mol. The van der Waals surface area contributed by atoms with Crippen molar-refractivity contribution in [3.63, 3.8) is 0 Å². The Hall–Kier alpha value is -0.730. The third-order valence-electron chi connectivity index (χ3n) is 2.75. The maximum absolute atomic E-state index is 9.82. The van der Waals surface area contributed by atoms with Crippen LogP contribution in [0.3, 0.4) is 0 Å². The lowest BCUT2D eigenvalue weighted by Gasteiger charge is -2.10. The number of nitrogens with one attached hydrogen (secondary N) is 1. The van der Waals surface area contributed by atoms with Gasteiger partial charge in [-0.25, -0.2) is 0 Å². The highest BCUT2D eigenvalue weighted by Gasteiger charge is 2.19. The number of benzene rings is 1. The SMILES string of the molecule is CNCc1cc2c(c(Cl)c1O)CCC2. The van der Waals surface area contributed by atoms with Gasteiger partial charge in [0.2, 0.25) is 0 Å². The molecule has 0 unspecified atom stereocenters. The van der Waals surface area contributed by atoms with E-state index in [0.29, 0.717) is 11.6 Å². The summed E-state index contributed by atoms with van der Waals surface area (Å²) in [6, 6.07) is 2.07. The maximum Gasteiger partial charge on any atom is 0.138 e. The lowest BCUT2D eigenvalue weighted by atomic mass is 10.0. The van der Waals surface area contributed by atoms with Gasteiger partial charge in [0.15, 0.2) is 0 Å². The first kappa shape index (κ1) is 9.81. The van der Waals surface area contributed by atoms with Gasteiger partial charge in [-0.05, 0) is 37.4 Å². The van der Waals surface area contributed by atoms with E-state index in [1.165, 1.54) is 5.56 Å². The lowest BCUT2D eigenvalue weighted by Crippen LogP contribution is -2.06. The molecule has 0 heterocycles. The van der Waals surface area contributed by atoms with E-state index in [-0.39, 0.29) is 5.75 Å². The second-order valence-corrected chi connectivity index (χ2v) is 4.10. The summed E-state index contributed by atoms with van der Waals surface area (Å²) in [6.07, 6.45) is 3.24. The molecule has 0 atom stereocenters. The number of aryl methyl sites for hydroxylation is 1. The first-order valence-electron chi connectivity index (χ1n) is 4.90. The minimum Gasteiger partial charge on any atom is -0.506 e. The van der Waals surface area contributed by atoms with Crippen LogP contribution in [0, 0.1) is 0 Å². The van der Waals surface area contributed by atoms with Crippen molar-refractivity contribution in [1.82, 2.24) is 5.32 Å². The van der Waals surface area contributed by atoms with Crippen molar-refractivity contribution in [3.8, 4) is 5.75 Å². The molecule has 1 aromatic rings. The molecule has 0 spiro atoms. The average molecular weight is 212 g/mol. The largest absolute Gasteiger partial charge is 0.506 e. The quantitative estimate of drug-likeness (QED) is 0.787. The Balaban J connectivity index is 2.49. The predicted octanol–water partition coefficient (Wildman–Crippen LogP) is 2.25. The van der Waals surface area contributed by atoms with Crippen LogP contribution < -0.4 is 5.32 Å². The Labute approximate surface area is 88.9 Å². The number of hydrogen-bond acceptors (Lipinski definition) is 2. The Morgan fingerprint density at radius 1 is 1.50 bits per heavy atom. The van der Waals surface area contributed by atoms with Crippen LogP contribution in [-0.2, 0) is 19.4 Å². The molecule has 0 amide bonds. The van der Waals surface area contributed by atoms with Crippen LogP contribution in [0.1, 0.15) is 23.1 Å². The minimum absolute atomic E-state index is 0.252. The number of aromatic hydroxyl groups is 1. The summed E-state index contributed by atoms with van der Waals surface area (Å²) in [5, 5.41) is 13.4. The molecule has 0 radical (unpaired) electrons. The number of phenolic OH excluding ortho intramolecular Hbond substituents is 1. The fraction of sp³-hybridized carbons (Fsp3) is 0.455. The standard InChI is InChI=1S/C11H14ClNO/c1-13-6-8-5-7-3-2-4-9(7)10(12)11(8)14/h5,13-14H,2-4,6H2,1H3. The van der Waals surface area contributed by atoms with Gasteiger partial charge in [-0.3, -0.25) is 0 Å². The van der Waals surface area contributed by atoms with E-state index >= 15 is 0 Å². The number of hydrogen-bond donors (Lipinski definition) is 2. The van der Waals surface area contributed by atoms with Gasteiger partial charge < -0.3 is 10.4 Å². The number of rotatable bonds is 2. The number of halogens is 1. The smallest absolute Gasteiger partial charge is 0.138 e. The van der Waals surface area contributed by atoms with E-state index in [2.05, 4.69) is 11.4 Å². The molecule has 0 bridgehead atoms. The van der Waals surface area contributed by atoms with Crippen LogP contribution >= 0.6 is 11.6 Å². The molecular formula is C11H14ClNO. The van der Waals surface area contributed by atoms with Gasteiger partial charge in [0.1, 0.15) is 5.75 Å². The Morgan fingerprint density at radius 3 is 3.00 bits per heavy atom. The molecule has 0 fully saturated rings. The van der Waals surface area contributed by atoms with Crippen molar-refractivity contribution in [2.45, 2.75) is 25.8 Å². The predicted molar refractivity (Wildman–Crippen MR) is 57.9 cm³/mol. The number of fused-ring (bicyclic) bond motifs is 1. The molecule has 76 valence electrons. The van der Waals surface area contributed by atoms with Crippen LogP contribution in [0.25, 0.3) is 0 Å². The highest BCUT2D eigenvalue weighted by Crippen LogP contribution is 2.37. The molecule has 1 aliphatic rings. The zero-order valence-electron chi connectivity index (χ0n) is 8.23. The van der Waals surface area contributed by atoms with Crippen molar-refractivity contribution in [2.75, 3.05) is 7.05 Å². The van der Waals surface area contributed by atoms with Crippen molar-refractivity contribution in [2.24, 2.45) is 0 Å². The van der Waals surface area contributed by atoms with Crippen molar-refractivity contribution in [3.05, 3.63) is 27.8 Å². The molecule has 3 heteroatoms. The summed E-state index contributed by atoms with van der Waals surface area (Å²) in [4.78, 5) is 0. The lowest BCUT2D eigenvalue weighted by molar-refractivity contribution is 0.465. The first-order valence-corrected chi connectivity index (χ1v) is 5.28. The Morgan fingerprint density at radius 2 is 2.29 bits per heavy atom. The minimum atomic E-state index is 0.252. The molecule has 2 rings (SSSR count). The summed E-state index contributed by atoms with van der Waals surface area (Å²) in [6.45, 7) is 0.666. The molecule has 0 aliphatic heterocycles. The van der Waals surface area contributed by atoms with E-state index in [1.807, 2.05) is 7.05 Å². The summed E-state index contributed by atoms with van der Waals surface area (Å²) in [5.41, 5.74) is 3.35. The highest BCUT2D eigenvalue weighted by molar-refractivity contribution is 6.33. The third kappa shape index (κ3) is 1.49.